The molecular formula is C18H16N4O3S. The monoisotopic (exact) mass is 368 g/mol. The second-order valence-electron chi connectivity index (χ2n) is 5.45. The molecule has 0 aliphatic heterocycles. The van der Waals surface area contributed by atoms with Crippen LogP contribution in [0.5, 0.6) is 11.5 Å². The normalized spacial score (nSPS) is 11.0. The number of nitrogens with zero attached hydrogens (tertiary/aromatic N) is 3. The van der Waals surface area contributed by atoms with Crippen LogP contribution < -0.4 is 9.47 Å². The Morgan fingerprint density at radius 2 is 1.88 bits per heavy atom. The van der Waals surface area contributed by atoms with Crippen molar-refractivity contribution in [1.29, 1.82) is 0 Å². The zero-order valence-electron chi connectivity index (χ0n) is 14.2. The Morgan fingerprint density at radius 1 is 1.04 bits per heavy atom. The fourth-order valence-corrected chi connectivity index (χ4v) is 3.20. The number of hydrogen-bond acceptors (Lipinski definition) is 7. The molecule has 0 fully saturated rings. The van der Waals surface area contributed by atoms with E-state index in [-0.39, 0.29) is 0 Å². The van der Waals surface area contributed by atoms with E-state index in [1.54, 1.807) is 14.2 Å². The summed E-state index contributed by atoms with van der Waals surface area (Å²) in [6.45, 7) is 0. The van der Waals surface area contributed by atoms with Gasteiger partial charge >= 0.3 is 0 Å². The summed E-state index contributed by atoms with van der Waals surface area (Å²) in [6.07, 6.45) is 0. The summed E-state index contributed by atoms with van der Waals surface area (Å²) in [7, 11) is 3.26. The summed E-state index contributed by atoms with van der Waals surface area (Å²) in [6, 6.07) is 13.2. The molecule has 7 nitrogen and oxygen atoms in total. The van der Waals surface area contributed by atoms with Gasteiger partial charge in [-0.15, -0.1) is 10.2 Å². The first-order chi connectivity index (χ1) is 12.7. The smallest absolute Gasteiger partial charge is 0.247 e. The number of imidazole rings is 1. The third kappa shape index (κ3) is 3.36. The molecule has 0 atom stereocenters. The molecule has 0 amide bonds. The molecule has 4 aromatic rings. The van der Waals surface area contributed by atoms with Crippen molar-refractivity contribution in [3.8, 4) is 23.0 Å². The molecule has 132 valence electrons. The van der Waals surface area contributed by atoms with E-state index in [4.69, 9.17) is 13.9 Å². The summed E-state index contributed by atoms with van der Waals surface area (Å²) < 4.78 is 16.2. The number of aromatic nitrogens is 4. The molecule has 26 heavy (non-hydrogen) atoms. The fraction of sp³-hybridized carbons (Fsp3) is 0.167. The van der Waals surface area contributed by atoms with Gasteiger partial charge in [0.1, 0.15) is 11.5 Å². The summed E-state index contributed by atoms with van der Waals surface area (Å²) in [4.78, 5) is 7.80. The van der Waals surface area contributed by atoms with E-state index in [1.807, 2.05) is 42.5 Å². The van der Waals surface area contributed by atoms with Gasteiger partial charge in [-0.05, 0) is 30.3 Å². The molecule has 2 heterocycles. The van der Waals surface area contributed by atoms with Crippen molar-refractivity contribution in [3.05, 3.63) is 48.4 Å². The highest BCUT2D eigenvalue weighted by Crippen LogP contribution is 2.27. The number of ether oxygens (including phenoxy) is 2. The van der Waals surface area contributed by atoms with Gasteiger partial charge in [0, 0.05) is 11.6 Å². The molecule has 8 heteroatoms. The van der Waals surface area contributed by atoms with Gasteiger partial charge in [0.25, 0.3) is 0 Å². The maximum atomic E-state index is 5.74. The lowest BCUT2D eigenvalue weighted by Gasteiger charge is -2.00. The van der Waals surface area contributed by atoms with Gasteiger partial charge in [-0.25, -0.2) is 4.98 Å². The van der Waals surface area contributed by atoms with Crippen molar-refractivity contribution in [3.63, 3.8) is 0 Å². The standard InChI is InChI=1S/C18H16N4O3S/c1-23-12-5-3-4-11(8-12)17-22-21-16(25-17)10-26-18-19-14-7-6-13(24-2)9-15(14)20-18/h3-9H,10H2,1-2H3,(H,19,20). The topological polar surface area (TPSA) is 86.1 Å². The predicted molar refractivity (Wildman–Crippen MR) is 98.5 cm³/mol. The first kappa shape index (κ1) is 16.5. The number of methoxy groups -OCH3 is 2. The first-order valence-corrected chi connectivity index (χ1v) is 8.87. The Bertz CT molecular complexity index is 1040. The van der Waals surface area contributed by atoms with Crippen molar-refractivity contribution in [1.82, 2.24) is 20.2 Å². The van der Waals surface area contributed by atoms with E-state index >= 15 is 0 Å². The van der Waals surface area contributed by atoms with Crippen molar-refractivity contribution >= 4 is 22.8 Å². The van der Waals surface area contributed by atoms with Crippen LogP contribution >= 0.6 is 11.8 Å². The van der Waals surface area contributed by atoms with Crippen molar-refractivity contribution in [2.24, 2.45) is 0 Å². The lowest BCUT2D eigenvalue weighted by Crippen LogP contribution is -1.83. The summed E-state index contributed by atoms with van der Waals surface area (Å²) in [5, 5.41) is 9.00. The number of hydrogen-bond donors (Lipinski definition) is 1. The van der Waals surface area contributed by atoms with Crippen LogP contribution in [0, 0.1) is 0 Å². The Morgan fingerprint density at radius 3 is 2.73 bits per heavy atom. The lowest BCUT2D eigenvalue weighted by molar-refractivity contribution is 0.414. The number of fused-ring (bicyclic) bond motifs is 1. The molecule has 0 bridgehead atoms. The number of benzene rings is 2. The number of thioether (sulfide) groups is 1. The fourth-order valence-electron chi connectivity index (χ4n) is 2.48. The molecule has 2 aromatic carbocycles. The average molecular weight is 368 g/mol. The second-order valence-corrected chi connectivity index (χ2v) is 6.41. The quantitative estimate of drug-likeness (QED) is 0.516. The van der Waals surface area contributed by atoms with Crippen LogP contribution in [-0.2, 0) is 5.75 Å². The SMILES string of the molecule is COc1cccc(-c2nnc(CSc3nc4ccc(OC)cc4[nH]3)o2)c1. The second kappa shape index (κ2) is 7.09. The minimum Gasteiger partial charge on any atom is -0.497 e. The molecule has 1 N–H and O–H groups in total. The number of rotatable bonds is 6. The first-order valence-electron chi connectivity index (χ1n) is 7.88. The van der Waals surface area contributed by atoms with E-state index < -0.39 is 0 Å². The van der Waals surface area contributed by atoms with Crippen LogP contribution in [0.3, 0.4) is 0 Å². The number of aromatic amines is 1. The minimum absolute atomic E-state index is 0.467. The highest BCUT2D eigenvalue weighted by molar-refractivity contribution is 7.98. The van der Waals surface area contributed by atoms with E-state index in [0.717, 1.165) is 33.3 Å². The molecule has 0 saturated heterocycles. The molecule has 0 radical (unpaired) electrons. The van der Waals surface area contributed by atoms with Gasteiger partial charge in [0.05, 0.1) is 31.0 Å². The molecule has 0 aliphatic carbocycles. The zero-order chi connectivity index (χ0) is 17.9. The summed E-state index contributed by atoms with van der Waals surface area (Å²) >= 11 is 1.50. The zero-order valence-corrected chi connectivity index (χ0v) is 15.0. The van der Waals surface area contributed by atoms with Gasteiger partial charge in [0.15, 0.2) is 5.16 Å². The minimum atomic E-state index is 0.467. The van der Waals surface area contributed by atoms with Crippen LogP contribution in [0.15, 0.2) is 52.0 Å². The number of nitrogens with one attached hydrogen (secondary N) is 1. The third-order valence-corrected chi connectivity index (χ3v) is 4.64. The Labute approximate surface area is 153 Å². The molecular weight excluding hydrogens is 352 g/mol. The maximum absolute atomic E-state index is 5.74. The van der Waals surface area contributed by atoms with E-state index in [2.05, 4.69) is 20.2 Å². The van der Waals surface area contributed by atoms with Gasteiger partial charge < -0.3 is 18.9 Å². The lowest BCUT2D eigenvalue weighted by atomic mass is 10.2. The Hall–Kier alpha value is -3.00. The van der Waals surface area contributed by atoms with Crippen LogP contribution in [0.4, 0.5) is 0 Å². The molecule has 0 saturated carbocycles. The van der Waals surface area contributed by atoms with Gasteiger partial charge in [-0.2, -0.15) is 0 Å². The van der Waals surface area contributed by atoms with Crippen molar-refractivity contribution < 1.29 is 13.9 Å². The third-order valence-electron chi connectivity index (χ3n) is 3.78. The van der Waals surface area contributed by atoms with Crippen molar-refractivity contribution in [2.45, 2.75) is 10.9 Å². The van der Waals surface area contributed by atoms with Gasteiger partial charge in [0.2, 0.25) is 11.8 Å². The predicted octanol–water partition coefficient (Wildman–Crippen LogP) is 3.92. The largest absolute Gasteiger partial charge is 0.497 e. The summed E-state index contributed by atoms with van der Waals surface area (Å²) in [5.74, 6) is 3.06. The molecule has 0 aliphatic rings. The van der Waals surface area contributed by atoms with Crippen LogP contribution in [0.25, 0.3) is 22.5 Å². The van der Waals surface area contributed by atoms with E-state index in [0.29, 0.717) is 17.5 Å². The van der Waals surface area contributed by atoms with Crippen molar-refractivity contribution in [2.75, 3.05) is 14.2 Å². The van der Waals surface area contributed by atoms with Crippen LogP contribution in [0.2, 0.25) is 0 Å². The maximum Gasteiger partial charge on any atom is 0.247 e. The van der Waals surface area contributed by atoms with E-state index in [9.17, 15) is 0 Å². The summed E-state index contributed by atoms with van der Waals surface area (Å²) in [5.41, 5.74) is 2.63. The highest BCUT2D eigenvalue weighted by Gasteiger charge is 2.11. The highest BCUT2D eigenvalue weighted by atomic mass is 32.2. The van der Waals surface area contributed by atoms with Crippen LogP contribution in [-0.4, -0.2) is 34.4 Å². The molecule has 2 aromatic heterocycles. The van der Waals surface area contributed by atoms with Gasteiger partial charge in [-0.1, -0.05) is 17.8 Å². The average Bonchev–Trinajstić information content (AvgIpc) is 3.32. The van der Waals surface area contributed by atoms with Gasteiger partial charge in [-0.3, -0.25) is 0 Å². The Kier molecular flexibility index (Phi) is 4.49. The molecule has 0 unspecified atom stereocenters. The van der Waals surface area contributed by atoms with E-state index in [1.165, 1.54) is 11.8 Å². The Balaban J connectivity index is 1.47. The molecule has 4 rings (SSSR count). The van der Waals surface area contributed by atoms with Crippen LogP contribution in [0.1, 0.15) is 5.89 Å². The number of H-pyrrole nitrogens is 1. The molecule has 0 spiro atoms.